The second kappa shape index (κ2) is 7.22. The molecule has 3 aromatic rings. The van der Waals surface area contributed by atoms with E-state index >= 15 is 0 Å². The molecule has 1 saturated heterocycles. The number of hydrogen-bond donors (Lipinski definition) is 1. The van der Waals surface area contributed by atoms with Crippen molar-refractivity contribution in [3.8, 4) is 0 Å². The molecule has 0 atom stereocenters. The number of anilines is 2. The van der Waals surface area contributed by atoms with Crippen LogP contribution in [0.3, 0.4) is 0 Å². The van der Waals surface area contributed by atoms with Crippen molar-refractivity contribution in [1.29, 1.82) is 0 Å². The number of carbonyl (C=O) groups excluding carboxylic acids is 1. The molecule has 1 aromatic carbocycles. The molecule has 27 heavy (non-hydrogen) atoms. The molecule has 0 spiro atoms. The summed E-state index contributed by atoms with van der Waals surface area (Å²) in [6, 6.07) is 8.58. The molecule has 0 aliphatic carbocycles. The molecule has 1 N–H and O–H groups in total. The number of carbonyl (C=O) groups is 1. The molecule has 140 valence electrons. The van der Waals surface area contributed by atoms with Crippen molar-refractivity contribution in [1.82, 2.24) is 19.7 Å². The maximum absolute atomic E-state index is 13.9. The van der Waals surface area contributed by atoms with Crippen molar-refractivity contribution in [2.45, 2.75) is 13.5 Å². The highest BCUT2D eigenvalue weighted by atomic mass is 19.1. The summed E-state index contributed by atoms with van der Waals surface area (Å²) in [5.41, 5.74) is 1.73. The molecular formula is C19H21FN6O. The number of aromatic nitrogens is 3. The van der Waals surface area contributed by atoms with Crippen LogP contribution in [0.4, 0.5) is 20.7 Å². The minimum atomic E-state index is -0.337. The number of amides is 2. The van der Waals surface area contributed by atoms with E-state index in [1.165, 1.54) is 6.07 Å². The maximum atomic E-state index is 13.9. The number of halogens is 1. The van der Waals surface area contributed by atoms with Gasteiger partial charge < -0.3 is 15.1 Å². The Morgan fingerprint density at radius 1 is 1.22 bits per heavy atom. The van der Waals surface area contributed by atoms with Gasteiger partial charge in [0, 0.05) is 50.0 Å². The van der Waals surface area contributed by atoms with Crippen LogP contribution in [0, 0.1) is 5.82 Å². The third-order valence-electron chi connectivity index (χ3n) is 4.80. The number of aryl methyl sites for hydroxylation is 1. The van der Waals surface area contributed by atoms with Crippen molar-refractivity contribution in [3.05, 3.63) is 48.5 Å². The lowest BCUT2D eigenvalue weighted by molar-refractivity contribution is 0.208. The minimum Gasteiger partial charge on any atom is -0.351 e. The Kier molecular flexibility index (Phi) is 4.62. The molecule has 4 rings (SSSR count). The standard InChI is InChI=1S/C19H21FN6O/c1-2-26-17-12-15(6-5-14(17)13-22-26)23-19(27)25-10-8-24(9-11-25)18-16(20)4-3-7-21-18/h3-7,12-13H,2,8-11H2,1H3,(H,23,27). The van der Waals surface area contributed by atoms with Crippen molar-refractivity contribution in [2.75, 3.05) is 36.4 Å². The average Bonchev–Trinajstić information content (AvgIpc) is 3.11. The molecule has 0 radical (unpaired) electrons. The van der Waals surface area contributed by atoms with Crippen LogP contribution in [-0.4, -0.2) is 51.9 Å². The van der Waals surface area contributed by atoms with Gasteiger partial charge in [0.15, 0.2) is 11.6 Å². The number of nitrogens with zero attached hydrogens (tertiary/aromatic N) is 5. The number of pyridine rings is 1. The highest BCUT2D eigenvalue weighted by Gasteiger charge is 2.23. The number of piperazine rings is 1. The normalized spacial score (nSPS) is 14.6. The smallest absolute Gasteiger partial charge is 0.321 e. The molecule has 2 aromatic heterocycles. The zero-order valence-corrected chi connectivity index (χ0v) is 15.1. The summed E-state index contributed by atoms with van der Waals surface area (Å²) < 4.78 is 15.8. The summed E-state index contributed by atoms with van der Waals surface area (Å²) >= 11 is 0. The van der Waals surface area contributed by atoms with Crippen LogP contribution < -0.4 is 10.2 Å². The summed E-state index contributed by atoms with van der Waals surface area (Å²) in [6.07, 6.45) is 3.40. The molecular weight excluding hydrogens is 347 g/mol. The second-order valence-corrected chi connectivity index (χ2v) is 6.45. The molecule has 7 nitrogen and oxygen atoms in total. The Balaban J connectivity index is 1.40. The number of benzene rings is 1. The fourth-order valence-electron chi connectivity index (χ4n) is 3.33. The van der Waals surface area contributed by atoms with E-state index in [-0.39, 0.29) is 11.8 Å². The van der Waals surface area contributed by atoms with Crippen LogP contribution in [-0.2, 0) is 6.54 Å². The first-order valence-electron chi connectivity index (χ1n) is 9.02. The van der Waals surface area contributed by atoms with E-state index in [1.54, 1.807) is 17.2 Å². The third kappa shape index (κ3) is 3.42. The van der Waals surface area contributed by atoms with Crippen LogP contribution in [0.1, 0.15) is 6.92 Å². The van der Waals surface area contributed by atoms with Crippen LogP contribution in [0.5, 0.6) is 0 Å². The Morgan fingerprint density at radius 2 is 2.04 bits per heavy atom. The van der Waals surface area contributed by atoms with Gasteiger partial charge in [0.1, 0.15) is 0 Å². The van der Waals surface area contributed by atoms with Crippen LogP contribution >= 0.6 is 0 Å². The summed E-state index contributed by atoms with van der Waals surface area (Å²) in [6.45, 7) is 4.91. The lowest BCUT2D eigenvalue weighted by Gasteiger charge is -2.35. The summed E-state index contributed by atoms with van der Waals surface area (Å²) in [5.74, 6) is 0.00655. The topological polar surface area (TPSA) is 66.3 Å². The summed E-state index contributed by atoms with van der Waals surface area (Å²) in [7, 11) is 0. The fraction of sp³-hybridized carbons (Fsp3) is 0.316. The fourth-order valence-corrected chi connectivity index (χ4v) is 3.33. The Bertz CT molecular complexity index is 964. The number of fused-ring (bicyclic) bond motifs is 1. The van der Waals surface area contributed by atoms with E-state index < -0.39 is 0 Å². The number of rotatable bonds is 3. The van der Waals surface area contributed by atoms with Gasteiger partial charge in [0.05, 0.1) is 11.7 Å². The first-order chi connectivity index (χ1) is 13.2. The molecule has 0 saturated carbocycles. The highest BCUT2D eigenvalue weighted by Crippen LogP contribution is 2.20. The first kappa shape index (κ1) is 17.3. The largest absolute Gasteiger partial charge is 0.351 e. The highest BCUT2D eigenvalue weighted by molar-refractivity contribution is 5.92. The number of urea groups is 1. The summed E-state index contributed by atoms with van der Waals surface area (Å²) in [4.78, 5) is 20.3. The van der Waals surface area contributed by atoms with Gasteiger partial charge in [-0.1, -0.05) is 0 Å². The van der Waals surface area contributed by atoms with E-state index in [2.05, 4.69) is 15.4 Å². The van der Waals surface area contributed by atoms with Gasteiger partial charge in [-0.05, 0) is 37.3 Å². The molecule has 0 unspecified atom stereocenters. The Labute approximate surface area is 156 Å². The lowest BCUT2D eigenvalue weighted by atomic mass is 10.2. The zero-order chi connectivity index (χ0) is 18.8. The average molecular weight is 368 g/mol. The van der Waals surface area contributed by atoms with Crippen molar-refractivity contribution >= 4 is 28.4 Å². The molecule has 2 amide bonds. The second-order valence-electron chi connectivity index (χ2n) is 6.45. The number of hydrogen-bond acceptors (Lipinski definition) is 4. The molecule has 1 fully saturated rings. The molecule has 0 bridgehead atoms. The summed E-state index contributed by atoms with van der Waals surface area (Å²) in [5, 5.41) is 8.31. The van der Waals surface area contributed by atoms with E-state index in [1.807, 2.05) is 40.9 Å². The monoisotopic (exact) mass is 368 g/mol. The van der Waals surface area contributed by atoms with Gasteiger partial charge in [0.25, 0.3) is 0 Å². The first-order valence-corrected chi connectivity index (χ1v) is 9.02. The quantitative estimate of drug-likeness (QED) is 0.772. The SMILES string of the molecule is CCn1ncc2ccc(NC(=O)N3CCN(c4ncccc4F)CC3)cc21. The number of nitrogens with one attached hydrogen (secondary N) is 1. The Morgan fingerprint density at radius 3 is 2.78 bits per heavy atom. The third-order valence-corrected chi connectivity index (χ3v) is 4.80. The lowest BCUT2D eigenvalue weighted by Crippen LogP contribution is -2.50. The van der Waals surface area contributed by atoms with E-state index in [9.17, 15) is 9.18 Å². The van der Waals surface area contributed by atoms with Gasteiger partial charge in [0.2, 0.25) is 0 Å². The van der Waals surface area contributed by atoms with E-state index in [0.717, 1.165) is 23.1 Å². The van der Waals surface area contributed by atoms with Gasteiger partial charge in [-0.15, -0.1) is 0 Å². The van der Waals surface area contributed by atoms with Crippen molar-refractivity contribution in [3.63, 3.8) is 0 Å². The minimum absolute atomic E-state index is 0.155. The van der Waals surface area contributed by atoms with Crippen LogP contribution in [0.25, 0.3) is 10.9 Å². The van der Waals surface area contributed by atoms with Crippen molar-refractivity contribution in [2.24, 2.45) is 0 Å². The molecule has 1 aliphatic heterocycles. The van der Waals surface area contributed by atoms with Gasteiger partial charge in [-0.25, -0.2) is 14.2 Å². The Hall–Kier alpha value is -3.16. The predicted molar refractivity (Wildman–Crippen MR) is 102 cm³/mol. The van der Waals surface area contributed by atoms with Crippen molar-refractivity contribution < 1.29 is 9.18 Å². The van der Waals surface area contributed by atoms with Gasteiger partial charge in [-0.2, -0.15) is 5.10 Å². The predicted octanol–water partition coefficient (Wildman–Crippen LogP) is 2.94. The molecule has 1 aliphatic rings. The van der Waals surface area contributed by atoms with Crippen LogP contribution in [0.15, 0.2) is 42.7 Å². The van der Waals surface area contributed by atoms with Gasteiger partial charge in [-0.3, -0.25) is 4.68 Å². The zero-order valence-electron chi connectivity index (χ0n) is 15.1. The van der Waals surface area contributed by atoms with Crippen LogP contribution in [0.2, 0.25) is 0 Å². The van der Waals surface area contributed by atoms with E-state index in [4.69, 9.17) is 0 Å². The maximum Gasteiger partial charge on any atom is 0.321 e. The molecule has 8 heteroatoms. The van der Waals surface area contributed by atoms with Gasteiger partial charge >= 0.3 is 6.03 Å². The van der Waals surface area contributed by atoms with E-state index in [0.29, 0.717) is 32.0 Å². The molecule has 3 heterocycles.